The zero-order valence-electron chi connectivity index (χ0n) is 10.7. The summed E-state index contributed by atoms with van der Waals surface area (Å²) in [6.45, 7) is 2.46. The van der Waals surface area contributed by atoms with E-state index in [0.29, 0.717) is 12.5 Å². The van der Waals surface area contributed by atoms with E-state index in [9.17, 15) is 9.59 Å². The van der Waals surface area contributed by atoms with Crippen LogP contribution in [0.3, 0.4) is 0 Å². The fourth-order valence-electron chi connectivity index (χ4n) is 2.91. The maximum absolute atomic E-state index is 12.1. The third-order valence-electron chi connectivity index (χ3n) is 4.05. The van der Waals surface area contributed by atoms with E-state index in [4.69, 9.17) is 10.5 Å². The Labute approximate surface area is 110 Å². The third-order valence-corrected chi connectivity index (χ3v) is 4.05. The lowest BCUT2D eigenvalue weighted by atomic mass is 9.72. The second kappa shape index (κ2) is 4.47. The molecule has 1 aromatic rings. The first-order valence-corrected chi connectivity index (χ1v) is 6.45. The van der Waals surface area contributed by atoms with Gasteiger partial charge in [0.2, 0.25) is 0 Å². The van der Waals surface area contributed by atoms with Gasteiger partial charge < -0.3 is 20.8 Å². The van der Waals surface area contributed by atoms with Crippen molar-refractivity contribution in [1.29, 1.82) is 0 Å². The standard InChI is InChI=1S/C13H17N3O3/c1-6-4-9(17)8(5-15-6)13(18)16-11-10(14)7-2-3-19-12(7)11/h4-5,7,10-12H,2-3,14H2,1H3,(H,15,17)(H,16,18). The average Bonchev–Trinajstić information content (AvgIpc) is 2.80. The first kappa shape index (κ1) is 12.4. The third kappa shape index (κ3) is 1.97. The summed E-state index contributed by atoms with van der Waals surface area (Å²) in [5, 5.41) is 2.81. The normalized spacial score (nSPS) is 32.5. The fourth-order valence-corrected chi connectivity index (χ4v) is 2.91. The van der Waals surface area contributed by atoms with Crippen molar-refractivity contribution < 1.29 is 9.53 Å². The first-order valence-electron chi connectivity index (χ1n) is 6.45. The fraction of sp³-hybridized carbons (Fsp3) is 0.538. The summed E-state index contributed by atoms with van der Waals surface area (Å²) in [5.41, 5.74) is 6.56. The topological polar surface area (TPSA) is 97.2 Å². The molecule has 4 unspecified atom stereocenters. The van der Waals surface area contributed by atoms with Crippen LogP contribution in [0.15, 0.2) is 17.1 Å². The second-order valence-electron chi connectivity index (χ2n) is 5.26. The minimum atomic E-state index is -0.393. The molecule has 6 heteroatoms. The zero-order chi connectivity index (χ0) is 13.6. The van der Waals surface area contributed by atoms with Gasteiger partial charge in [-0.05, 0) is 13.3 Å². The van der Waals surface area contributed by atoms with Crippen LogP contribution in [0, 0.1) is 12.8 Å². The Balaban J connectivity index is 1.73. The van der Waals surface area contributed by atoms with E-state index in [1.54, 1.807) is 6.92 Å². The van der Waals surface area contributed by atoms with Crippen molar-refractivity contribution in [3.8, 4) is 0 Å². The quantitative estimate of drug-likeness (QED) is 0.672. The van der Waals surface area contributed by atoms with Crippen molar-refractivity contribution in [2.24, 2.45) is 11.7 Å². The molecule has 1 amide bonds. The number of H-pyrrole nitrogens is 1. The van der Waals surface area contributed by atoms with E-state index >= 15 is 0 Å². The van der Waals surface area contributed by atoms with Crippen molar-refractivity contribution in [2.75, 3.05) is 6.61 Å². The number of carbonyl (C=O) groups excluding carboxylic acids is 1. The molecule has 2 aliphatic rings. The van der Waals surface area contributed by atoms with Crippen LogP contribution in [-0.2, 0) is 4.74 Å². The van der Waals surface area contributed by atoms with Gasteiger partial charge in [0.1, 0.15) is 5.56 Å². The van der Waals surface area contributed by atoms with Gasteiger partial charge in [0.25, 0.3) is 5.91 Å². The van der Waals surface area contributed by atoms with Gasteiger partial charge in [0, 0.05) is 36.5 Å². The highest BCUT2D eigenvalue weighted by molar-refractivity contribution is 5.94. The number of hydrogen-bond acceptors (Lipinski definition) is 4. The molecule has 0 spiro atoms. The first-order chi connectivity index (χ1) is 9.08. The number of nitrogens with one attached hydrogen (secondary N) is 2. The van der Waals surface area contributed by atoms with Crippen LogP contribution in [0.2, 0.25) is 0 Å². The summed E-state index contributed by atoms with van der Waals surface area (Å²) in [6, 6.07) is 1.13. The number of nitrogens with two attached hydrogens (primary N) is 1. The molecule has 1 aliphatic heterocycles. The molecule has 0 bridgehead atoms. The number of hydrogen-bond donors (Lipinski definition) is 3. The minimum Gasteiger partial charge on any atom is -0.376 e. The van der Waals surface area contributed by atoms with Crippen LogP contribution in [0.1, 0.15) is 22.5 Å². The molecule has 0 radical (unpaired) electrons. The van der Waals surface area contributed by atoms with E-state index < -0.39 is 5.91 Å². The van der Waals surface area contributed by atoms with Gasteiger partial charge in [-0.3, -0.25) is 9.59 Å². The van der Waals surface area contributed by atoms with Crippen LogP contribution in [0.4, 0.5) is 0 Å². The maximum Gasteiger partial charge on any atom is 0.257 e. The molecule has 102 valence electrons. The molecule has 4 atom stereocenters. The van der Waals surface area contributed by atoms with Crippen LogP contribution < -0.4 is 16.5 Å². The second-order valence-corrected chi connectivity index (χ2v) is 5.26. The number of fused-ring (bicyclic) bond motifs is 1. The number of pyridine rings is 1. The number of carbonyl (C=O) groups is 1. The van der Waals surface area contributed by atoms with Crippen LogP contribution in [0.5, 0.6) is 0 Å². The molecule has 0 aromatic carbocycles. The summed E-state index contributed by atoms with van der Waals surface area (Å²) < 4.78 is 5.54. The van der Waals surface area contributed by atoms with Gasteiger partial charge in [-0.15, -0.1) is 0 Å². The van der Waals surface area contributed by atoms with Gasteiger partial charge in [-0.1, -0.05) is 0 Å². The summed E-state index contributed by atoms with van der Waals surface area (Å²) in [5.74, 6) is -0.0581. The molecular formula is C13H17N3O3. The Bertz CT molecular complexity index is 568. The molecule has 3 rings (SSSR count). The van der Waals surface area contributed by atoms with Gasteiger partial charge in [-0.2, -0.15) is 0 Å². The van der Waals surface area contributed by atoms with E-state index in [2.05, 4.69) is 10.3 Å². The molecule has 6 nitrogen and oxygen atoms in total. The van der Waals surface area contributed by atoms with Crippen molar-refractivity contribution in [3.63, 3.8) is 0 Å². The summed E-state index contributed by atoms with van der Waals surface area (Å²) >= 11 is 0. The number of aryl methyl sites for hydroxylation is 1. The Kier molecular flexibility index (Phi) is 2.91. The molecule has 1 aliphatic carbocycles. The van der Waals surface area contributed by atoms with Crippen LogP contribution >= 0.6 is 0 Å². The number of amides is 1. The van der Waals surface area contributed by atoms with E-state index in [1.165, 1.54) is 12.3 Å². The van der Waals surface area contributed by atoms with Gasteiger partial charge in [-0.25, -0.2) is 0 Å². The van der Waals surface area contributed by atoms with Crippen LogP contribution in [-0.4, -0.2) is 35.7 Å². The van der Waals surface area contributed by atoms with Crippen molar-refractivity contribution >= 4 is 5.91 Å². The molecule has 1 saturated heterocycles. The van der Waals surface area contributed by atoms with E-state index in [0.717, 1.165) is 12.1 Å². The van der Waals surface area contributed by atoms with Crippen molar-refractivity contribution in [1.82, 2.24) is 10.3 Å². The number of ether oxygens (including phenoxy) is 1. The Morgan fingerprint density at radius 3 is 3.11 bits per heavy atom. The van der Waals surface area contributed by atoms with Gasteiger partial charge >= 0.3 is 0 Å². The SMILES string of the molecule is Cc1cc(=O)c(C(=O)NC2C(N)C3CCOC32)c[nH]1. The predicted octanol–water partition coefficient (Wildman–Crippen LogP) is -0.472. The minimum absolute atomic E-state index is 0.00322. The van der Waals surface area contributed by atoms with E-state index in [-0.39, 0.29) is 29.2 Å². The number of rotatable bonds is 2. The maximum atomic E-state index is 12.1. The Morgan fingerprint density at radius 2 is 2.37 bits per heavy atom. The molecule has 2 heterocycles. The van der Waals surface area contributed by atoms with Gasteiger partial charge in [0.05, 0.1) is 12.1 Å². The smallest absolute Gasteiger partial charge is 0.257 e. The number of aromatic nitrogens is 1. The predicted molar refractivity (Wildman–Crippen MR) is 68.9 cm³/mol. The molecule has 2 fully saturated rings. The van der Waals surface area contributed by atoms with Crippen LogP contribution in [0.25, 0.3) is 0 Å². The largest absolute Gasteiger partial charge is 0.376 e. The Morgan fingerprint density at radius 1 is 1.58 bits per heavy atom. The summed E-state index contributed by atoms with van der Waals surface area (Å²) in [4.78, 5) is 26.7. The summed E-state index contributed by atoms with van der Waals surface area (Å²) in [6.07, 6.45) is 2.39. The molecule has 1 saturated carbocycles. The highest BCUT2D eigenvalue weighted by Gasteiger charge is 2.52. The van der Waals surface area contributed by atoms with Gasteiger partial charge in [0.15, 0.2) is 5.43 Å². The number of aromatic amines is 1. The van der Waals surface area contributed by atoms with Crippen molar-refractivity contribution in [3.05, 3.63) is 33.7 Å². The van der Waals surface area contributed by atoms with Crippen molar-refractivity contribution in [2.45, 2.75) is 31.5 Å². The molecule has 1 aromatic heterocycles. The zero-order valence-corrected chi connectivity index (χ0v) is 10.7. The Hall–Kier alpha value is -1.66. The monoisotopic (exact) mass is 263 g/mol. The molecular weight excluding hydrogens is 246 g/mol. The molecule has 4 N–H and O–H groups in total. The lowest BCUT2D eigenvalue weighted by Crippen LogP contribution is -2.69. The van der Waals surface area contributed by atoms with E-state index in [1.807, 2.05) is 0 Å². The average molecular weight is 263 g/mol. The lowest BCUT2D eigenvalue weighted by Gasteiger charge is -2.45. The highest BCUT2D eigenvalue weighted by Crippen LogP contribution is 2.37. The summed E-state index contributed by atoms with van der Waals surface area (Å²) in [7, 11) is 0. The lowest BCUT2D eigenvalue weighted by molar-refractivity contribution is -0.0161. The highest BCUT2D eigenvalue weighted by atomic mass is 16.5. The molecule has 19 heavy (non-hydrogen) atoms.